The number of allylic oxidation sites excluding steroid dienone is 1. The second-order valence-corrected chi connectivity index (χ2v) is 7.16. The van der Waals surface area contributed by atoms with Crippen LogP contribution in [-0.2, 0) is 8.85 Å². The Bertz CT molecular complexity index is 421. The zero-order valence-corrected chi connectivity index (χ0v) is 10.1. The molecule has 0 aromatic heterocycles. The van der Waals surface area contributed by atoms with Crippen LogP contribution in [0.3, 0.4) is 0 Å². The molecule has 0 aliphatic carbocycles. The summed E-state index contributed by atoms with van der Waals surface area (Å²) in [6, 6.07) is 0.746. The second-order valence-electron chi connectivity index (χ2n) is 3.96. The van der Waals surface area contributed by atoms with Crippen molar-refractivity contribution in [1.82, 2.24) is 0 Å². The van der Waals surface area contributed by atoms with Gasteiger partial charge < -0.3 is 8.85 Å². The summed E-state index contributed by atoms with van der Waals surface area (Å²) in [5, 5.41) is 8.55. The average molecular weight is 291 g/mol. The van der Waals surface area contributed by atoms with Gasteiger partial charge in [0, 0.05) is 6.08 Å². The molecule has 1 aliphatic heterocycles. The number of nitrogens with zero attached hydrogens (tertiary/aromatic N) is 1. The van der Waals surface area contributed by atoms with Gasteiger partial charge in [-0.05, 0) is 13.1 Å². The zero-order valence-electron chi connectivity index (χ0n) is 9.11. The van der Waals surface area contributed by atoms with E-state index in [1.165, 1.54) is 0 Å². The highest BCUT2D eigenvalue weighted by Gasteiger charge is 2.63. The van der Waals surface area contributed by atoms with Crippen LogP contribution in [0.15, 0.2) is 11.8 Å². The Hall–Kier alpha value is -1.21. The molecule has 0 bridgehead atoms. The third kappa shape index (κ3) is 2.61. The van der Waals surface area contributed by atoms with Gasteiger partial charge in [0.2, 0.25) is 0 Å². The summed E-state index contributed by atoms with van der Waals surface area (Å²) in [6.45, 7) is 1.98. The minimum Gasteiger partial charge on any atom is -0.517 e. The highest BCUT2D eigenvalue weighted by atomic mass is 28.4. The summed E-state index contributed by atoms with van der Waals surface area (Å²) in [4.78, 5) is 0. The Labute approximate surface area is 98.8 Å². The van der Waals surface area contributed by atoms with Crippen molar-refractivity contribution in [2.45, 2.75) is 31.0 Å². The molecule has 1 aliphatic rings. The predicted molar refractivity (Wildman–Crippen MR) is 48.2 cm³/mol. The van der Waals surface area contributed by atoms with Crippen LogP contribution in [0, 0.1) is 11.3 Å². The molecule has 0 saturated heterocycles. The van der Waals surface area contributed by atoms with Gasteiger partial charge in [-0.25, -0.2) is 0 Å². The van der Waals surface area contributed by atoms with Gasteiger partial charge in [0.1, 0.15) is 6.07 Å². The molecule has 0 aromatic rings. The molecule has 0 N–H and O–H groups in total. The van der Waals surface area contributed by atoms with Crippen molar-refractivity contribution in [3.63, 3.8) is 0 Å². The van der Waals surface area contributed by atoms with Crippen LogP contribution in [-0.4, -0.2) is 26.5 Å². The fourth-order valence-corrected chi connectivity index (χ4v) is 3.06. The first-order valence-corrected chi connectivity index (χ1v) is 7.32. The molecular weight excluding hydrogens is 284 g/mol. The summed E-state index contributed by atoms with van der Waals surface area (Å²) in [7, 11) is -3.76. The first kappa shape index (κ1) is 14.8. The fraction of sp³-hybridized carbons (Fsp3) is 0.625. The molecule has 0 radical (unpaired) electrons. The third-order valence-corrected chi connectivity index (χ3v) is 3.49. The lowest BCUT2D eigenvalue weighted by molar-refractivity contribution is -0.223. The van der Waals surface area contributed by atoms with Crippen LogP contribution in [0.1, 0.15) is 0 Å². The first-order valence-electron chi connectivity index (χ1n) is 4.50. The molecule has 10 heteroatoms. The van der Waals surface area contributed by atoms with Gasteiger partial charge in [0.25, 0.3) is 5.60 Å². The smallest absolute Gasteiger partial charge is 0.447 e. The molecular formula is C8H7F6NO2Si. The van der Waals surface area contributed by atoms with Gasteiger partial charge in [-0.1, -0.05) is 0 Å². The topological polar surface area (TPSA) is 42.2 Å². The van der Waals surface area contributed by atoms with E-state index >= 15 is 0 Å². The Morgan fingerprint density at radius 3 is 2.06 bits per heavy atom. The van der Waals surface area contributed by atoms with Crippen molar-refractivity contribution < 1.29 is 35.2 Å². The molecule has 102 valence electrons. The predicted octanol–water partition coefficient (Wildman–Crippen LogP) is 3.01. The summed E-state index contributed by atoms with van der Waals surface area (Å²) in [5.74, 6) is -1.84. The molecule has 0 spiro atoms. The molecule has 1 heterocycles. The molecule has 0 amide bonds. The Morgan fingerprint density at radius 2 is 1.72 bits per heavy atom. The fourth-order valence-electron chi connectivity index (χ4n) is 1.31. The number of hydrogen-bond donors (Lipinski definition) is 0. The SMILES string of the molecule is C[Si]1(C)OC(C(F)(F)F)=CC(C#N)(C(F)(F)F)O1. The van der Waals surface area contributed by atoms with Gasteiger partial charge in [-0.15, -0.1) is 0 Å². The van der Waals surface area contributed by atoms with Crippen molar-refractivity contribution in [3.05, 3.63) is 11.8 Å². The minimum atomic E-state index is -5.29. The summed E-state index contributed by atoms with van der Waals surface area (Å²) >= 11 is 0. The van der Waals surface area contributed by atoms with Crippen LogP contribution in [0.2, 0.25) is 13.1 Å². The molecule has 1 unspecified atom stereocenters. The number of rotatable bonds is 0. The minimum absolute atomic E-state index is 0.370. The maximum absolute atomic E-state index is 12.7. The standard InChI is InChI=1S/C8H7F6NO2Si/c1-18(2)16-5(7(9,10)11)3-6(4-15,17-18)8(12,13)14/h3H,1-2H3. The van der Waals surface area contributed by atoms with Crippen molar-refractivity contribution >= 4 is 8.56 Å². The van der Waals surface area contributed by atoms with Crippen molar-refractivity contribution in [1.29, 1.82) is 5.26 Å². The van der Waals surface area contributed by atoms with Crippen LogP contribution in [0.4, 0.5) is 26.3 Å². The summed E-state index contributed by atoms with van der Waals surface area (Å²) in [6.07, 6.45) is -10.8. The maximum atomic E-state index is 12.7. The Morgan fingerprint density at radius 1 is 1.22 bits per heavy atom. The molecule has 1 rings (SSSR count). The molecule has 0 fully saturated rings. The van der Waals surface area contributed by atoms with E-state index in [1.54, 1.807) is 0 Å². The van der Waals surface area contributed by atoms with Gasteiger partial charge in [-0.2, -0.15) is 31.6 Å². The zero-order chi connectivity index (χ0) is 14.4. The van der Waals surface area contributed by atoms with E-state index in [0.717, 1.165) is 19.2 Å². The lowest BCUT2D eigenvalue weighted by Crippen LogP contribution is -2.57. The van der Waals surface area contributed by atoms with E-state index in [0.29, 0.717) is 0 Å². The molecule has 18 heavy (non-hydrogen) atoms. The number of nitriles is 1. The van der Waals surface area contributed by atoms with E-state index in [-0.39, 0.29) is 6.08 Å². The van der Waals surface area contributed by atoms with Crippen LogP contribution in [0.25, 0.3) is 0 Å². The van der Waals surface area contributed by atoms with Crippen molar-refractivity contribution in [3.8, 4) is 6.07 Å². The highest BCUT2D eigenvalue weighted by Crippen LogP contribution is 2.44. The van der Waals surface area contributed by atoms with Gasteiger partial charge >= 0.3 is 20.9 Å². The van der Waals surface area contributed by atoms with Gasteiger partial charge in [-0.3, -0.25) is 0 Å². The van der Waals surface area contributed by atoms with E-state index in [4.69, 9.17) is 5.26 Å². The third-order valence-electron chi connectivity index (χ3n) is 1.96. The van der Waals surface area contributed by atoms with Crippen LogP contribution in [0.5, 0.6) is 0 Å². The van der Waals surface area contributed by atoms with Crippen LogP contribution < -0.4 is 0 Å². The average Bonchev–Trinajstić information content (AvgIpc) is 2.11. The Balaban J connectivity index is 3.41. The largest absolute Gasteiger partial charge is 0.517 e. The summed E-state index contributed by atoms with van der Waals surface area (Å²) in [5.41, 5.74) is -3.62. The molecule has 0 aromatic carbocycles. The molecule has 0 saturated carbocycles. The lowest BCUT2D eigenvalue weighted by Gasteiger charge is -2.39. The van der Waals surface area contributed by atoms with E-state index < -0.39 is 32.3 Å². The number of alkyl halides is 6. The van der Waals surface area contributed by atoms with Crippen LogP contribution >= 0.6 is 0 Å². The first-order chi connectivity index (χ1) is 7.83. The van der Waals surface area contributed by atoms with Crippen molar-refractivity contribution in [2.75, 3.05) is 0 Å². The van der Waals surface area contributed by atoms with E-state index in [9.17, 15) is 26.3 Å². The van der Waals surface area contributed by atoms with Crippen molar-refractivity contribution in [2.24, 2.45) is 0 Å². The highest BCUT2D eigenvalue weighted by molar-refractivity contribution is 6.65. The quantitative estimate of drug-likeness (QED) is 0.509. The maximum Gasteiger partial charge on any atom is 0.447 e. The molecule has 1 atom stereocenters. The normalized spacial score (nSPS) is 28.1. The Kier molecular flexibility index (Phi) is 3.21. The van der Waals surface area contributed by atoms with Gasteiger partial charge in [0.15, 0.2) is 5.76 Å². The van der Waals surface area contributed by atoms with E-state index in [1.807, 2.05) is 0 Å². The number of hydrogen-bond acceptors (Lipinski definition) is 3. The lowest BCUT2D eigenvalue weighted by atomic mass is 10.0. The molecule has 3 nitrogen and oxygen atoms in total. The summed E-state index contributed by atoms with van der Waals surface area (Å²) < 4.78 is 84.3. The number of halogens is 6. The monoisotopic (exact) mass is 291 g/mol. The second kappa shape index (κ2) is 3.89. The van der Waals surface area contributed by atoms with Gasteiger partial charge in [0.05, 0.1) is 0 Å². The van der Waals surface area contributed by atoms with E-state index in [2.05, 4.69) is 8.85 Å².